The average molecular weight is 431 g/mol. The molecule has 160 valence electrons. The van der Waals surface area contributed by atoms with Crippen molar-refractivity contribution >= 4 is 23.4 Å². The molecule has 4 heteroatoms. The number of thioether (sulfide) groups is 1. The molecule has 1 amide bonds. The van der Waals surface area contributed by atoms with Crippen LogP contribution in [0, 0.1) is 0 Å². The van der Waals surface area contributed by atoms with Gasteiger partial charge in [0.1, 0.15) is 0 Å². The van der Waals surface area contributed by atoms with Gasteiger partial charge >= 0.3 is 0 Å². The monoisotopic (exact) mass is 430 g/mol. The van der Waals surface area contributed by atoms with E-state index in [9.17, 15) is 4.79 Å². The average Bonchev–Trinajstić information content (AvgIpc) is 2.79. The van der Waals surface area contributed by atoms with Crippen molar-refractivity contribution in [3.05, 3.63) is 107 Å². The minimum absolute atomic E-state index is 0.0430. The molecule has 0 aliphatic carbocycles. The predicted octanol–water partition coefficient (Wildman–Crippen LogP) is 6.59. The molecule has 0 fully saturated rings. The number of hydrogen-bond donors (Lipinski definition) is 1. The highest BCUT2D eigenvalue weighted by molar-refractivity contribution is 7.97. The molecule has 0 aliphatic rings. The van der Waals surface area contributed by atoms with Gasteiger partial charge < -0.3 is 0 Å². The van der Waals surface area contributed by atoms with E-state index in [-0.39, 0.29) is 11.3 Å². The van der Waals surface area contributed by atoms with Crippen LogP contribution in [0.1, 0.15) is 54.2 Å². The van der Waals surface area contributed by atoms with Crippen LogP contribution in [0.3, 0.4) is 0 Å². The molecule has 0 heterocycles. The lowest BCUT2D eigenvalue weighted by molar-refractivity contribution is 0.0954. The molecule has 0 aliphatic heterocycles. The molecular weight excluding hydrogens is 400 g/mol. The third-order valence-electron chi connectivity index (χ3n) is 5.20. The molecule has 31 heavy (non-hydrogen) atoms. The number of rotatable bonds is 9. The molecule has 0 saturated heterocycles. The summed E-state index contributed by atoms with van der Waals surface area (Å²) in [5.41, 5.74) is 7.97. The summed E-state index contributed by atoms with van der Waals surface area (Å²) in [4.78, 5) is 12.5. The lowest BCUT2D eigenvalue weighted by Gasteiger charge is -2.25. The van der Waals surface area contributed by atoms with Gasteiger partial charge in [-0.1, -0.05) is 86.6 Å². The van der Waals surface area contributed by atoms with Gasteiger partial charge in [0.05, 0.1) is 0 Å². The van der Waals surface area contributed by atoms with E-state index in [1.807, 2.05) is 55.1 Å². The molecule has 0 atom stereocenters. The Morgan fingerprint density at radius 2 is 1.39 bits per heavy atom. The third-order valence-corrected chi connectivity index (χ3v) is 6.27. The van der Waals surface area contributed by atoms with E-state index in [4.69, 9.17) is 0 Å². The van der Waals surface area contributed by atoms with Crippen LogP contribution < -0.4 is 5.43 Å². The Morgan fingerprint density at radius 3 is 2.00 bits per heavy atom. The fraction of sp³-hybridized carbons (Fsp3) is 0.259. The Morgan fingerprint density at radius 1 is 0.839 bits per heavy atom. The fourth-order valence-electron chi connectivity index (χ4n) is 3.49. The minimum Gasteiger partial charge on any atom is -0.267 e. The molecule has 3 aromatic carbocycles. The van der Waals surface area contributed by atoms with Crippen LogP contribution in [-0.4, -0.2) is 11.6 Å². The zero-order chi connectivity index (χ0) is 22.1. The summed E-state index contributed by atoms with van der Waals surface area (Å²) in [7, 11) is 0. The molecule has 0 saturated carbocycles. The molecular formula is C27H30N2OS. The van der Waals surface area contributed by atoms with Crippen LogP contribution in [0.25, 0.3) is 0 Å². The van der Waals surface area contributed by atoms with E-state index >= 15 is 0 Å². The van der Waals surface area contributed by atoms with E-state index in [1.165, 1.54) is 16.7 Å². The van der Waals surface area contributed by atoms with Crippen molar-refractivity contribution in [3.63, 3.8) is 0 Å². The van der Waals surface area contributed by atoms with Crippen molar-refractivity contribution in [3.8, 4) is 0 Å². The number of nitrogens with zero attached hydrogens (tertiary/aromatic N) is 1. The zero-order valence-electron chi connectivity index (χ0n) is 18.5. The molecule has 0 unspecified atom stereocenters. The van der Waals surface area contributed by atoms with Crippen LogP contribution in [0.5, 0.6) is 0 Å². The second-order valence-electron chi connectivity index (χ2n) is 8.39. The summed E-state index contributed by atoms with van der Waals surface area (Å²) in [5, 5.41) is 4.33. The quantitative estimate of drug-likeness (QED) is 0.307. The zero-order valence-corrected chi connectivity index (χ0v) is 19.3. The summed E-state index contributed by atoms with van der Waals surface area (Å²) in [6.07, 6.45) is 0.773. The summed E-state index contributed by atoms with van der Waals surface area (Å²) in [6, 6.07) is 28.6. The largest absolute Gasteiger partial charge is 0.271 e. The predicted molar refractivity (Wildman–Crippen MR) is 133 cm³/mol. The SMILES string of the molecule is C/C(CC(C)(C)c1ccccc1)=N/NC(=O)c1ccc(CSCc2ccccc2)cc1. The van der Waals surface area contributed by atoms with Gasteiger partial charge in [0, 0.05) is 22.8 Å². The van der Waals surface area contributed by atoms with Gasteiger partial charge in [-0.15, -0.1) is 0 Å². The van der Waals surface area contributed by atoms with E-state index in [0.29, 0.717) is 5.56 Å². The van der Waals surface area contributed by atoms with Crippen LogP contribution in [0.2, 0.25) is 0 Å². The van der Waals surface area contributed by atoms with Gasteiger partial charge in [-0.2, -0.15) is 16.9 Å². The molecule has 0 bridgehead atoms. The second-order valence-corrected chi connectivity index (χ2v) is 9.38. The molecule has 0 radical (unpaired) electrons. The highest BCUT2D eigenvalue weighted by Crippen LogP contribution is 2.27. The maximum absolute atomic E-state index is 12.5. The number of nitrogens with one attached hydrogen (secondary N) is 1. The number of hydrazone groups is 1. The van der Waals surface area contributed by atoms with E-state index in [0.717, 1.165) is 23.6 Å². The van der Waals surface area contributed by atoms with Crippen molar-refractivity contribution in [1.82, 2.24) is 5.43 Å². The Hall–Kier alpha value is -2.85. The van der Waals surface area contributed by atoms with E-state index in [2.05, 4.69) is 72.9 Å². The standard InChI is InChI=1S/C27H30N2OS/c1-21(18-27(2,3)25-12-8-5-9-13-25)28-29-26(30)24-16-14-23(15-17-24)20-31-19-22-10-6-4-7-11-22/h4-17H,18-20H2,1-3H3,(H,29,30)/b28-21-. The van der Waals surface area contributed by atoms with Crippen LogP contribution in [0.4, 0.5) is 0 Å². The van der Waals surface area contributed by atoms with Crippen LogP contribution in [-0.2, 0) is 16.9 Å². The van der Waals surface area contributed by atoms with Crippen molar-refractivity contribution in [2.24, 2.45) is 5.10 Å². The van der Waals surface area contributed by atoms with Gasteiger partial charge in [-0.05, 0) is 47.6 Å². The smallest absolute Gasteiger partial charge is 0.267 e. The second kappa shape index (κ2) is 11.0. The molecule has 1 N–H and O–H groups in total. The highest BCUT2D eigenvalue weighted by atomic mass is 32.2. The number of carbonyl (C=O) groups is 1. The van der Waals surface area contributed by atoms with Crippen LogP contribution in [0.15, 0.2) is 90.0 Å². The number of hydrogen-bond acceptors (Lipinski definition) is 3. The van der Waals surface area contributed by atoms with Crippen molar-refractivity contribution in [2.45, 2.75) is 44.1 Å². The minimum atomic E-state index is -0.180. The Kier molecular flexibility index (Phi) is 8.07. The lowest BCUT2D eigenvalue weighted by atomic mass is 9.80. The molecule has 3 aromatic rings. The summed E-state index contributed by atoms with van der Waals surface area (Å²) in [5.74, 6) is 1.72. The Labute approximate surface area is 190 Å². The Balaban J connectivity index is 1.49. The summed E-state index contributed by atoms with van der Waals surface area (Å²) < 4.78 is 0. The van der Waals surface area contributed by atoms with Gasteiger partial charge in [-0.25, -0.2) is 5.43 Å². The number of benzene rings is 3. The van der Waals surface area contributed by atoms with Gasteiger partial charge in [-0.3, -0.25) is 4.79 Å². The van der Waals surface area contributed by atoms with Crippen molar-refractivity contribution < 1.29 is 4.79 Å². The first kappa shape index (κ1) is 22.8. The fourth-order valence-corrected chi connectivity index (χ4v) is 4.45. The molecule has 3 rings (SSSR count). The van der Waals surface area contributed by atoms with Crippen LogP contribution >= 0.6 is 11.8 Å². The molecule has 3 nitrogen and oxygen atoms in total. The first-order valence-electron chi connectivity index (χ1n) is 10.5. The topological polar surface area (TPSA) is 41.5 Å². The van der Waals surface area contributed by atoms with E-state index in [1.54, 1.807) is 0 Å². The van der Waals surface area contributed by atoms with Crippen molar-refractivity contribution in [2.75, 3.05) is 0 Å². The highest BCUT2D eigenvalue weighted by Gasteiger charge is 2.21. The maximum Gasteiger partial charge on any atom is 0.271 e. The first-order chi connectivity index (χ1) is 14.9. The summed E-state index contributed by atoms with van der Waals surface area (Å²) in [6.45, 7) is 6.34. The number of carbonyl (C=O) groups excluding carboxylic acids is 1. The molecule has 0 aromatic heterocycles. The third kappa shape index (κ3) is 7.11. The maximum atomic E-state index is 12.5. The van der Waals surface area contributed by atoms with Gasteiger partial charge in [0.2, 0.25) is 0 Å². The van der Waals surface area contributed by atoms with Gasteiger partial charge in [0.25, 0.3) is 5.91 Å². The van der Waals surface area contributed by atoms with E-state index < -0.39 is 0 Å². The Bertz CT molecular complexity index is 996. The number of amides is 1. The lowest BCUT2D eigenvalue weighted by Crippen LogP contribution is -2.24. The normalized spacial score (nSPS) is 11.9. The summed E-state index contributed by atoms with van der Waals surface area (Å²) >= 11 is 1.87. The molecule has 0 spiro atoms. The first-order valence-corrected chi connectivity index (χ1v) is 11.7. The van der Waals surface area contributed by atoms with Crippen molar-refractivity contribution in [1.29, 1.82) is 0 Å². The van der Waals surface area contributed by atoms with Gasteiger partial charge in [0.15, 0.2) is 0 Å².